The lowest BCUT2D eigenvalue weighted by Crippen LogP contribution is -2.13. The molecule has 1 heterocycles. The zero-order chi connectivity index (χ0) is 12.2. The summed E-state index contributed by atoms with van der Waals surface area (Å²) in [5, 5.41) is 3.23. The molecule has 0 bridgehead atoms. The fourth-order valence-electron chi connectivity index (χ4n) is 1.24. The topological polar surface area (TPSA) is 64.9 Å². The number of rotatable bonds is 5. The predicted molar refractivity (Wildman–Crippen MR) is 50.4 cm³/mol. The van der Waals surface area contributed by atoms with Gasteiger partial charge in [-0.15, -0.1) is 0 Å². The molecule has 0 spiro atoms. The molecule has 0 aliphatic heterocycles. The van der Waals surface area contributed by atoms with Gasteiger partial charge in [-0.05, 0) is 6.42 Å². The highest BCUT2D eigenvalue weighted by atomic mass is 19.4. The first-order valence-corrected chi connectivity index (χ1v) is 5.11. The summed E-state index contributed by atoms with van der Waals surface area (Å²) in [6.07, 6.45) is -1.20. The van der Waals surface area contributed by atoms with Crippen molar-refractivity contribution >= 4 is 0 Å². The van der Waals surface area contributed by atoms with Gasteiger partial charge in [-0.3, -0.25) is 0 Å². The summed E-state index contributed by atoms with van der Waals surface area (Å²) in [4.78, 5) is 3.23. The van der Waals surface area contributed by atoms with E-state index in [9.17, 15) is 13.2 Å². The summed E-state index contributed by atoms with van der Waals surface area (Å²) in [5.74, 6) is -1.42. The van der Waals surface area contributed by atoms with E-state index in [2.05, 4.69) is 14.7 Å². The Morgan fingerprint density at radius 1 is 1.38 bits per heavy atom. The molecule has 0 saturated carbocycles. The fraction of sp³-hybridized carbons (Fsp3) is 0.778. The van der Waals surface area contributed by atoms with Crippen LogP contribution in [0.25, 0.3) is 0 Å². The van der Waals surface area contributed by atoms with Gasteiger partial charge in [0, 0.05) is 0 Å². The molecule has 4 nitrogen and oxygen atoms in total. The van der Waals surface area contributed by atoms with Crippen LogP contribution in [0.5, 0.6) is 0 Å². The van der Waals surface area contributed by atoms with Gasteiger partial charge < -0.3 is 10.3 Å². The SMILES string of the molecule is CCCCCC(N)c1noc(C(F)(F)F)n1. The largest absolute Gasteiger partial charge is 0.471 e. The van der Waals surface area contributed by atoms with E-state index in [-0.39, 0.29) is 5.82 Å². The predicted octanol–water partition coefficient (Wildman–Crippen LogP) is 2.67. The fourth-order valence-corrected chi connectivity index (χ4v) is 1.24. The molecule has 0 aromatic carbocycles. The van der Waals surface area contributed by atoms with E-state index in [1.165, 1.54) is 0 Å². The first kappa shape index (κ1) is 13.0. The lowest BCUT2D eigenvalue weighted by molar-refractivity contribution is -0.159. The van der Waals surface area contributed by atoms with Crippen LogP contribution in [0.15, 0.2) is 4.52 Å². The second-order valence-electron chi connectivity index (χ2n) is 3.56. The van der Waals surface area contributed by atoms with Crippen LogP contribution in [0.2, 0.25) is 0 Å². The van der Waals surface area contributed by atoms with Crippen molar-refractivity contribution in [3.63, 3.8) is 0 Å². The van der Waals surface area contributed by atoms with Crippen molar-refractivity contribution in [2.75, 3.05) is 0 Å². The molecule has 0 aliphatic rings. The Balaban J connectivity index is 2.56. The number of halogens is 3. The highest BCUT2D eigenvalue weighted by Crippen LogP contribution is 2.28. The first-order valence-electron chi connectivity index (χ1n) is 5.11. The Bertz CT molecular complexity index is 324. The third-order valence-electron chi connectivity index (χ3n) is 2.13. The second-order valence-corrected chi connectivity index (χ2v) is 3.56. The van der Waals surface area contributed by atoms with Gasteiger partial charge in [0.2, 0.25) is 0 Å². The zero-order valence-corrected chi connectivity index (χ0v) is 8.92. The molecular formula is C9H14F3N3O. The van der Waals surface area contributed by atoms with Gasteiger partial charge in [-0.1, -0.05) is 31.3 Å². The van der Waals surface area contributed by atoms with Crippen LogP contribution in [-0.2, 0) is 6.18 Å². The zero-order valence-electron chi connectivity index (χ0n) is 8.92. The molecule has 1 rings (SSSR count). The monoisotopic (exact) mass is 237 g/mol. The van der Waals surface area contributed by atoms with Gasteiger partial charge in [0.1, 0.15) is 0 Å². The molecule has 2 N–H and O–H groups in total. The molecule has 7 heteroatoms. The maximum Gasteiger partial charge on any atom is 0.471 e. The van der Waals surface area contributed by atoms with E-state index in [0.717, 1.165) is 19.3 Å². The standard InChI is InChI=1S/C9H14F3N3O/c1-2-3-4-5-6(13)7-14-8(16-15-7)9(10,11)12/h6H,2-5,13H2,1H3. The smallest absolute Gasteiger partial charge is 0.329 e. The number of unbranched alkanes of at least 4 members (excludes halogenated alkanes) is 2. The Hall–Kier alpha value is -1.11. The number of hydrogen-bond acceptors (Lipinski definition) is 4. The molecule has 1 aromatic rings. The van der Waals surface area contributed by atoms with Crippen LogP contribution < -0.4 is 5.73 Å². The minimum absolute atomic E-state index is 0.0802. The normalized spacial score (nSPS) is 14.1. The number of nitrogens with two attached hydrogens (primary N) is 1. The van der Waals surface area contributed by atoms with Gasteiger partial charge in [-0.25, -0.2) is 0 Å². The lowest BCUT2D eigenvalue weighted by atomic mass is 10.1. The maximum atomic E-state index is 12.1. The van der Waals surface area contributed by atoms with Gasteiger partial charge >= 0.3 is 12.1 Å². The summed E-state index contributed by atoms with van der Waals surface area (Å²) in [6.45, 7) is 2.03. The number of alkyl halides is 3. The van der Waals surface area contributed by atoms with E-state index < -0.39 is 18.1 Å². The van der Waals surface area contributed by atoms with Gasteiger partial charge in [0.25, 0.3) is 0 Å². The van der Waals surface area contributed by atoms with E-state index >= 15 is 0 Å². The van der Waals surface area contributed by atoms with Crippen LogP contribution in [0.4, 0.5) is 13.2 Å². The van der Waals surface area contributed by atoms with E-state index in [4.69, 9.17) is 5.73 Å². The lowest BCUT2D eigenvalue weighted by Gasteiger charge is -2.05. The number of nitrogens with zero attached hydrogens (tertiary/aromatic N) is 2. The molecule has 0 amide bonds. The second kappa shape index (κ2) is 5.29. The molecule has 1 atom stereocenters. The van der Waals surface area contributed by atoms with Crippen molar-refractivity contribution < 1.29 is 17.7 Å². The summed E-state index contributed by atoms with van der Waals surface area (Å²) in [6, 6.07) is -0.591. The minimum Gasteiger partial charge on any atom is -0.329 e. The average Bonchev–Trinajstić information content (AvgIpc) is 2.66. The minimum atomic E-state index is -4.60. The molecule has 92 valence electrons. The van der Waals surface area contributed by atoms with Crippen LogP contribution in [0.3, 0.4) is 0 Å². The van der Waals surface area contributed by atoms with Gasteiger partial charge in [-0.2, -0.15) is 18.2 Å². The number of hydrogen-bond donors (Lipinski definition) is 1. The van der Waals surface area contributed by atoms with Crippen LogP contribution in [0, 0.1) is 0 Å². The highest BCUT2D eigenvalue weighted by Gasteiger charge is 2.38. The van der Waals surface area contributed by atoms with Crippen molar-refractivity contribution in [1.29, 1.82) is 0 Å². The molecule has 0 radical (unpaired) electrons. The average molecular weight is 237 g/mol. The quantitative estimate of drug-likeness (QED) is 0.799. The molecule has 1 unspecified atom stereocenters. The molecule has 1 aromatic heterocycles. The summed E-state index contributed by atoms with van der Waals surface area (Å²) in [5.41, 5.74) is 5.64. The summed E-state index contributed by atoms with van der Waals surface area (Å²) < 4.78 is 40.5. The van der Waals surface area contributed by atoms with Crippen molar-refractivity contribution in [1.82, 2.24) is 10.1 Å². The van der Waals surface area contributed by atoms with E-state index in [0.29, 0.717) is 6.42 Å². The van der Waals surface area contributed by atoms with Crippen molar-refractivity contribution in [2.45, 2.75) is 44.8 Å². The van der Waals surface area contributed by atoms with Crippen molar-refractivity contribution in [3.8, 4) is 0 Å². The van der Waals surface area contributed by atoms with E-state index in [1.54, 1.807) is 0 Å². The van der Waals surface area contributed by atoms with Gasteiger partial charge in [0.05, 0.1) is 6.04 Å². The Kier molecular flexibility index (Phi) is 4.28. The third kappa shape index (κ3) is 3.48. The van der Waals surface area contributed by atoms with Crippen LogP contribution in [-0.4, -0.2) is 10.1 Å². The van der Waals surface area contributed by atoms with Crippen LogP contribution in [0.1, 0.15) is 50.4 Å². The summed E-state index contributed by atoms with van der Waals surface area (Å²) >= 11 is 0. The Morgan fingerprint density at radius 2 is 2.06 bits per heavy atom. The Labute approximate surface area is 91.0 Å². The third-order valence-corrected chi connectivity index (χ3v) is 2.13. The maximum absolute atomic E-state index is 12.1. The molecule has 16 heavy (non-hydrogen) atoms. The summed E-state index contributed by atoms with van der Waals surface area (Å²) in [7, 11) is 0. The molecule has 0 aliphatic carbocycles. The highest BCUT2D eigenvalue weighted by molar-refractivity contribution is 4.95. The number of aromatic nitrogens is 2. The molecular weight excluding hydrogens is 223 g/mol. The molecule has 0 fully saturated rings. The van der Waals surface area contributed by atoms with Crippen molar-refractivity contribution in [2.24, 2.45) is 5.73 Å². The Morgan fingerprint density at radius 3 is 2.56 bits per heavy atom. The van der Waals surface area contributed by atoms with Crippen LogP contribution >= 0.6 is 0 Å². The first-order chi connectivity index (χ1) is 7.45. The van der Waals surface area contributed by atoms with Gasteiger partial charge in [0.15, 0.2) is 5.82 Å². The van der Waals surface area contributed by atoms with E-state index in [1.807, 2.05) is 6.92 Å². The van der Waals surface area contributed by atoms with Crippen molar-refractivity contribution in [3.05, 3.63) is 11.7 Å². The molecule has 0 saturated heterocycles.